The zero-order valence-corrected chi connectivity index (χ0v) is 8.26. The Balaban J connectivity index is 2.49. The predicted molar refractivity (Wildman–Crippen MR) is 59.1 cm³/mol. The molecular weight excluding hydrogens is 186 g/mol. The minimum atomic E-state index is -0.544. The zero-order valence-electron chi connectivity index (χ0n) is 8.26. The van der Waals surface area contributed by atoms with Crippen LogP contribution in [0, 0.1) is 0 Å². The van der Waals surface area contributed by atoms with Gasteiger partial charge in [-0.3, -0.25) is 0 Å². The Kier molecular flexibility index (Phi) is 2.61. The molecule has 1 aliphatic carbocycles. The van der Waals surface area contributed by atoms with Gasteiger partial charge in [0, 0.05) is 0 Å². The molecule has 1 aromatic rings. The molecule has 15 heavy (non-hydrogen) atoms. The molecule has 0 aliphatic heterocycles. The van der Waals surface area contributed by atoms with Crippen LogP contribution in [0.3, 0.4) is 0 Å². The molecule has 0 fully saturated rings. The topological polar surface area (TPSA) is 29.4 Å². The van der Waals surface area contributed by atoms with E-state index in [0.717, 1.165) is 5.56 Å². The van der Waals surface area contributed by atoms with Crippen molar-refractivity contribution in [2.45, 2.75) is 12.0 Å². The number of carbonyl (C=O) groups excluding carboxylic acids is 1. The highest BCUT2D eigenvalue weighted by molar-refractivity contribution is 5.43. The van der Waals surface area contributed by atoms with Gasteiger partial charge < -0.3 is 0 Å². The van der Waals surface area contributed by atoms with Crippen molar-refractivity contribution in [3.05, 3.63) is 60.2 Å². The number of hydrogen-bond acceptors (Lipinski definition) is 2. The van der Waals surface area contributed by atoms with E-state index < -0.39 is 5.54 Å². The van der Waals surface area contributed by atoms with Gasteiger partial charge in [0.2, 0.25) is 6.08 Å². The van der Waals surface area contributed by atoms with Gasteiger partial charge in [0.05, 0.1) is 0 Å². The van der Waals surface area contributed by atoms with E-state index in [1.807, 2.05) is 54.6 Å². The van der Waals surface area contributed by atoms with Gasteiger partial charge in [-0.15, -0.1) is 0 Å². The van der Waals surface area contributed by atoms with Gasteiger partial charge in [0.25, 0.3) is 0 Å². The van der Waals surface area contributed by atoms with Gasteiger partial charge in [0.1, 0.15) is 5.54 Å². The SMILES string of the molecule is O=C=NC1(c2ccccc2)C=CC=CC1. The summed E-state index contributed by atoms with van der Waals surface area (Å²) in [5, 5.41) is 0. The van der Waals surface area contributed by atoms with Crippen molar-refractivity contribution < 1.29 is 4.79 Å². The van der Waals surface area contributed by atoms with Crippen LogP contribution in [0.5, 0.6) is 0 Å². The van der Waals surface area contributed by atoms with Crippen molar-refractivity contribution in [3.63, 3.8) is 0 Å². The predicted octanol–water partition coefficient (Wildman–Crippen LogP) is 2.73. The fourth-order valence-electron chi connectivity index (χ4n) is 1.78. The van der Waals surface area contributed by atoms with Crippen LogP contribution in [0.1, 0.15) is 12.0 Å². The van der Waals surface area contributed by atoms with E-state index >= 15 is 0 Å². The monoisotopic (exact) mass is 197 g/mol. The second-order valence-corrected chi connectivity index (χ2v) is 3.48. The summed E-state index contributed by atoms with van der Waals surface area (Å²) in [7, 11) is 0. The second kappa shape index (κ2) is 4.07. The summed E-state index contributed by atoms with van der Waals surface area (Å²) < 4.78 is 0. The summed E-state index contributed by atoms with van der Waals surface area (Å²) in [6.45, 7) is 0. The minimum Gasteiger partial charge on any atom is -0.211 e. The molecule has 0 amide bonds. The van der Waals surface area contributed by atoms with Crippen LogP contribution in [-0.2, 0) is 10.3 Å². The maximum absolute atomic E-state index is 10.5. The number of isocyanates is 1. The van der Waals surface area contributed by atoms with E-state index in [1.54, 1.807) is 6.08 Å². The maximum Gasteiger partial charge on any atom is 0.236 e. The lowest BCUT2D eigenvalue weighted by Crippen LogP contribution is -2.21. The van der Waals surface area contributed by atoms with Gasteiger partial charge in [-0.25, -0.2) is 4.79 Å². The Hall–Kier alpha value is -1.92. The molecule has 0 saturated heterocycles. The van der Waals surface area contributed by atoms with Crippen LogP contribution in [0.4, 0.5) is 0 Å². The van der Waals surface area contributed by atoms with Crippen molar-refractivity contribution in [1.29, 1.82) is 0 Å². The molecule has 0 bridgehead atoms. The van der Waals surface area contributed by atoms with Crippen LogP contribution in [0.25, 0.3) is 0 Å². The maximum atomic E-state index is 10.5. The first-order chi connectivity index (χ1) is 7.37. The summed E-state index contributed by atoms with van der Waals surface area (Å²) in [5.41, 5.74) is 0.478. The summed E-state index contributed by atoms with van der Waals surface area (Å²) in [6.07, 6.45) is 10.2. The lowest BCUT2D eigenvalue weighted by atomic mass is 9.85. The van der Waals surface area contributed by atoms with Crippen LogP contribution in [0.2, 0.25) is 0 Å². The average Bonchev–Trinajstić information content (AvgIpc) is 2.32. The number of aliphatic imine (C=N–C) groups is 1. The Morgan fingerprint density at radius 1 is 1.20 bits per heavy atom. The highest BCUT2D eigenvalue weighted by Gasteiger charge is 2.28. The van der Waals surface area contributed by atoms with Crippen molar-refractivity contribution in [2.24, 2.45) is 4.99 Å². The summed E-state index contributed by atoms with van der Waals surface area (Å²) in [4.78, 5) is 14.4. The number of hydrogen-bond donors (Lipinski definition) is 0. The molecule has 2 heteroatoms. The van der Waals surface area contributed by atoms with Gasteiger partial charge in [-0.1, -0.05) is 54.6 Å². The number of allylic oxidation sites excluding steroid dienone is 2. The fourth-order valence-corrected chi connectivity index (χ4v) is 1.78. The van der Waals surface area contributed by atoms with Crippen LogP contribution < -0.4 is 0 Å². The largest absolute Gasteiger partial charge is 0.236 e. The van der Waals surface area contributed by atoms with Crippen LogP contribution in [-0.4, -0.2) is 6.08 Å². The van der Waals surface area contributed by atoms with Crippen molar-refractivity contribution in [3.8, 4) is 0 Å². The Labute approximate surface area is 88.7 Å². The van der Waals surface area contributed by atoms with Crippen molar-refractivity contribution in [2.75, 3.05) is 0 Å². The summed E-state index contributed by atoms with van der Waals surface area (Å²) in [5.74, 6) is 0. The van der Waals surface area contributed by atoms with Crippen molar-refractivity contribution >= 4 is 6.08 Å². The quantitative estimate of drug-likeness (QED) is 0.529. The number of nitrogens with zero attached hydrogens (tertiary/aromatic N) is 1. The molecule has 2 rings (SSSR count). The summed E-state index contributed by atoms with van der Waals surface area (Å²) >= 11 is 0. The van der Waals surface area contributed by atoms with E-state index in [2.05, 4.69) is 4.99 Å². The molecule has 0 radical (unpaired) electrons. The molecular formula is C13H11NO. The van der Waals surface area contributed by atoms with E-state index in [0.29, 0.717) is 6.42 Å². The molecule has 0 saturated carbocycles. The normalized spacial score (nSPS) is 23.5. The molecule has 74 valence electrons. The first kappa shape index (κ1) is 9.63. The Bertz CT molecular complexity index is 441. The molecule has 0 N–H and O–H groups in total. The van der Waals surface area contributed by atoms with E-state index in [9.17, 15) is 4.79 Å². The molecule has 1 aromatic carbocycles. The lowest BCUT2D eigenvalue weighted by molar-refractivity contribution is 0.529. The second-order valence-electron chi connectivity index (χ2n) is 3.48. The molecule has 1 aliphatic rings. The van der Waals surface area contributed by atoms with Crippen molar-refractivity contribution in [1.82, 2.24) is 0 Å². The first-order valence-corrected chi connectivity index (χ1v) is 4.86. The average molecular weight is 197 g/mol. The zero-order chi connectivity index (χ0) is 10.6. The first-order valence-electron chi connectivity index (χ1n) is 4.86. The summed E-state index contributed by atoms with van der Waals surface area (Å²) in [6, 6.07) is 9.80. The van der Waals surface area contributed by atoms with E-state index in [-0.39, 0.29) is 0 Å². The van der Waals surface area contributed by atoms with Crippen LogP contribution >= 0.6 is 0 Å². The molecule has 1 unspecified atom stereocenters. The van der Waals surface area contributed by atoms with Gasteiger partial charge in [0.15, 0.2) is 0 Å². The van der Waals surface area contributed by atoms with E-state index in [4.69, 9.17) is 0 Å². The number of rotatable bonds is 2. The smallest absolute Gasteiger partial charge is 0.211 e. The molecule has 0 spiro atoms. The third-order valence-electron chi connectivity index (χ3n) is 2.57. The van der Waals surface area contributed by atoms with Gasteiger partial charge in [-0.05, 0) is 12.0 Å². The molecule has 1 atom stereocenters. The highest BCUT2D eigenvalue weighted by atomic mass is 16.1. The van der Waals surface area contributed by atoms with Gasteiger partial charge in [-0.2, -0.15) is 4.99 Å². The fraction of sp³-hybridized carbons (Fsp3) is 0.154. The lowest BCUT2D eigenvalue weighted by Gasteiger charge is -2.25. The van der Waals surface area contributed by atoms with Gasteiger partial charge >= 0.3 is 0 Å². The number of benzene rings is 1. The Morgan fingerprint density at radius 3 is 2.60 bits per heavy atom. The van der Waals surface area contributed by atoms with E-state index in [1.165, 1.54) is 0 Å². The highest BCUT2D eigenvalue weighted by Crippen LogP contribution is 2.33. The molecule has 2 nitrogen and oxygen atoms in total. The molecule has 0 heterocycles. The standard InChI is InChI=1S/C13H11NO/c15-11-14-13(9-5-2-6-10-13)12-7-3-1-4-8-12/h1-9H,10H2. The third-order valence-corrected chi connectivity index (χ3v) is 2.57. The molecule has 0 aromatic heterocycles. The minimum absolute atomic E-state index is 0.544. The third kappa shape index (κ3) is 1.80. The van der Waals surface area contributed by atoms with Crippen LogP contribution in [0.15, 0.2) is 59.6 Å². The Morgan fingerprint density at radius 2 is 2.00 bits per heavy atom.